The van der Waals surface area contributed by atoms with E-state index in [9.17, 15) is 5.26 Å². The molecule has 0 bridgehead atoms. The van der Waals surface area contributed by atoms with Crippen molar-refractivity contribution in [2.24, 2.45) is 0 Å². The van der Waals surface area contributed by atoms with E-state index in [1.807, 2.05) is 54.6 Å². The van der Waals surface area contributed by atoms with Crippen molar-refractivity contribution in [3.05, 3.63) is 71.5 Å². The first-order valence-electron chi connectivity index (χ1n) is 8.63. The molecule has 0 aliphatic heterocycles. The fraction of sp³-hybridized carbons (Fsp3) is 0.143. The molecule has 0 amide bonds. The largest absolute Gasteiger partial charge is 0.489 e. The third-order valence-electron chi connectivity index (χ3n) is 3.84. The molecule has 2 N–H and O–H groups in total. The first kappa shape index (κ1) is 18.9. The summed E-state index contributed by atoms with van der Waals surface area (Å²) in [4.78, 5) is 14.1. The maximum absolute atomic E-state index is 9.53. The number of nitrogens with zero attached hydrogens (tertiary/aromatic N) is 5. The first-order valence-corrected chi connectivity index (χ1v) is 8.63. The van der Waals surface area contributed by atoms with Gasteiger partial charge < -0.3 is 15.4 Å². The van der Waals surface area contributed by atoms with Crippen LogP contribution in [0.15, 0.2) is 54.6 Å². The molecule has 3 aromatic rings. The third kappa shape index (κ3) is 4.83. The van der Waals surface area contributed by atoms with Gasteiger partial charge in [-0.05, 0) is 29.3 Å². The number of nitriles is 1. The lowest BCUT2D eigenvalue weighted by atomic mass is 10.1. The highest BCUT2D eigenvalue weighted by Crippen LogP contribution is 2.20. The Morgan fingerprint density at radius 3 is 2.43 bits per heavy atom. The number of hydrogen-bond acceptors (Lipinski definition) is 7. The summed E-state index contributed by atoms with van der Waals surface area (Å²) >= 11 is 0. The van der Waals surface area contributed by atoms with Crippen LogP contribution in [0.25, 0.3) is 11.6 Å². The van der Waals surface area contributed by atoms with Crippen LogP contribution in [-0.4, -0.2) is 29.0 Å². The average molecular weight is 372 g/mol. The highest BCUT2D eigenvalue weighted by molar-refractivity contribution is 5.87. The summed E-state index contributed by atoms with van der Waals surface area (Å²) < 4.78 is 5.78. The fourth-order valence-corrected chi connectivity index (χ4v) is 2.42. The van der Waals surface area contributed by atoms with E-state index in [-0.39, 0.29) is 11.8 Å². The van der Waals surface area contributed by atoms with Gasteiger partial charge >= 0.3 is 0 Å². The molecule has 0 saturated heterocycles. The number of nitrogens with two attached hydrogens (primary N) is 1. The summed E-state index contributed by atoms with van der Waals surface area (Å²) in [7, 11) is 3.59. The Balaban J connectivity index is 1.77. The van der Waals surface area contributed by atoms with Gasteiger partial charge in [0, 0.05) is 14.1 Å². The summed E-state index contributed by atoms with van der Waals surface area (Å²) in [5.74, 6) is 1.45. The molecule has 0 atom stereocenters. The van der Waals surface area contributed by atoms with Crippen molar-refractivity contribution in [2.75, 3.05) is 24.7 Å². The van der Waals surface area contributed by atoms with Crippen molar-refractivity contribution in [2.45, 2.75) is 6.61 Å². The van der Waals surface area contributed by atoms with Crippen molar-refractivity contribution < 1.29 is 4.74 Å². The van der Waals surface area contributed by atoms with Crippen molar-refractivity contribution in [1.82, 2.24) is 15.0 Å². The Morgan fingerprint density at radius 2 is 1.79 bits per heavy atom. The highest BCUT2D eigenvalue weighted by Gasteiger charge is 2.10. The number of benzene rings is 2. The summed E-state index contributed by atoms with van der Waals surface area (Å²) in [5.41, 5.74) is 7.97. The van der Waals surface area contributed by atoms with E-state index < -0.39 is 0 Å². The summed E-state index contributed by atoms with van der Waals surface area (Å²) in [5, 5.41) is 9.53. The van der Waals surface area contributed by atoms with Gasteiger partial charge in [0.2, 0.25) is 11.9 Å². The van der Waals surface area contributed by atoms with E-state index in [4.69, 9.17) is 10.5 Å². The molecule has 0 unspecified atom stereocenters. The smallest absolute Gasteiger partial charge is 0.230 e. The second-order valence-electron chi connectivity index (χ2n) is 6.22. The Bertz CT molecular complexity index is 1010. The molecule has 0 radical (unpaired) electrons. The molecule has 0 aliphatic carbocycles. The molecule has 0 aliphatic rings. The lowest BCUT2D eigenvalue weighted by Crippen LogP contribution is -2.15. The molecule has 2 aromatic carbocycles. The summed E-state index contributed by atoms with van der Waals surface area (Å²) in [6, 6.07) is 19.5. The summed E-state index contributed by atoms with van der Waals surface area (Å²) in [6.45, 7) is 0.497. The third-order valence-corrected chi connectivity index (χ3v) is 3.84. The number of allylic oxidation sites excluding steroid dienone is 1. The van der Waals surface area contributed by atoms with Gasteiger partial charge in [0.05, 0.1) is 5.57 Å². The van der Waals surface area contributed by atoms with Crippen LogP contribution in [0.4, 0.5) is 11.9 Å². The van der Waals surface area contributed by atoms with Crippen LogP contribution >= 0.6 is 0 Å². The predicted octanol–water partition coefficient (Wildman–Crippen LogP) is 3.16. The number of aromatic nitrogens is 3. The lowest BCUT2D eigenvalue weighted by Gasteiger charge is -2.11. The molecule has 28 heavy (non-hydrogen) atoms. The van der Waals surface area contributed by atoms with Gasteiger partial charge in [-0.3, -0.25) is 0 Å². The Morgan fingerprint density at radius 1 is 1.07 bits per heavy atom. The summed E-state index contributed by atoms with van der Waals surface area (Å²) in [6.07, 6.45) is 1.70. The van der Waals surface area contributed by atoms with Gasteiger partial charge in [0.25, 0.3) is 0 Å². The van der Waals surface area contributed by atoms with Gasteiger partial charge in [-0.2, -0.15) is 20.2 Å². The zero-order valence-electron chi connectivity index (χ0n) is 15.7. The van der Waals surface area contributed by atoms with Gasteiger partial charge in [0.15, 0.2) is 5.82 Å². The quantitative estimate of drug-likeness (QED) is 0.663. The zero-order valence-corrected chi connectivity index (χ0v) is 15.7. The molecule has 1 aromatic heterocycles. The van der Waals surface area contributed by atoms with Crippen LogP contribution < -0.4 is 15.4 Å². The molecule has 7 nitrogen and oxygen atoms in total. The monoisotopic (exact) mass is 372 g/mol. The topological polar surface area (TPSA) is 101 Å². The number of ether oxygens (including phenoxy) is 1. The van der Waals surface area contributed by atoms with Crippen LogP contribution in [0.2, 0.25) is 0 Å². The molecule has 0 saturated carbocycles. The van der Waals surface area contributed by atoms with Crippen molar-refractivity contribution in [1.29, 1.82) is 5.26 Å². The lowest BCUT2D eigenvalue weighted by molar-refractivity contribution is 0.306. The van der Waals surface area contributed by atoms with Crippen LogP contribution in [0.5, 0.6) is 5.75 Å². The van der Waals surface area contributed by atoms with Crippen molar-refractivity contribution in [3.8, 4) is 11.8 Å². The maximum atomic E-state index is 9.53. The molecule has 1 heterocycles. The van der Waals surface area contributed by atoms with E-state index in [0.717, 1.165) is 16.9 Å². The minimum atomic E-state index is 0.0690. The van der Waals surface area contributed by atoms with Crippen LogP contribution in [0, 0.1) is 11.3 Å². The Kier molecular flexibility index (Phi) is 5.82. The van der Waals surface area contributed by atoms with Crippen LogP contribution in [-0.2, 0) is 6.61 Å². The molecule has 3 rings (SSSR count). The Hall–Kier alpha value is -3.92. The predicted molar refractivity (Wildman–Crippen MR) is 109 cm³/mol. The standard InChI is InChI=1S/C21H20N6O/c1-27(2)21-25-19(24-20(23)26-21)17(13-22)12-15-8-10-18(11-9-15)28-14-16-6-4-3-5-7-16/h3-12H,14H2,1-2H3,(H2,23,24,25,26)/b17-12+. The van der Waals surface area contributed by atoms with Crippen molar-refractivity contribution in [3.63, 3.8) is 0 Å². The number of nitrogen functional groups attached to an aromatic ring is 1. The van der Waals surface area contributed by atoms with Gasteiger partial charge in [0.1, 0.15) is 18.4 Å². The first-order chi connectivity index (χ1) is 13.5. The average Bonchev–Trinajstić information content (AvgIpc) is 2.71. The SMILES string of the molecule is CN(C)c1nc(N)nc(/C(C#N)=C/c2ccc(OCc3ccccc3)cc2)n1. The molecule has 0 spiro atoms. The number of hydrogen-bond donors (Lipinski definition) is 1. The zero-order chi connectivity index (χ0) is 19.9. The van der Waals surface area contributed by atoms with E-state index in [1.165, 1.54) is 0 Å². The second kappa shape index (κ2) is 8.64. The van der Waals surface area contributed by atoms with E-state index >= 15 is 0 Å². The minimum absolute atomic E-state index is 0.0690. The molecule has 140 valence electrons. The molecule has 7 heteroatoms. The van der Waals surface area contributed by atoms with Gasteiger partial charge in [-0.25, -0.2) is 0 Å². The van der Waals surface area contributed by atoms with Gasteiger partial charge in [-0.15, -0.1) is 0 Å². The van der Waals surface area contributed by atoms with Crippen LogP contribution in [0.1, 0.15) is 17.0 Å². The molecular weight excluding hydrogens is 352 g/mol. The fourth-order valence-electron chi connectivity index (χ4n) is 2.42. The van der Waals surface area contributed by atoms with E-state index in [2.05, 4.69) is 21.0 Å². The second-order valence-corrected chi connectivity index (χ2v) is 6.22. The highest BCUT2D eigenvalue weighted by atomic mass is 16.5. The molecule has 0 fully saturated rings. The Labute approximate surface area is 163 Å². The van der Waals surface area contributed by atoms with E-state index in [0.29, 0.717) is 18.1 Å². The van der Waals surface area contributed by atoms with E-state index in [1.54, 1.807) is 25.1 Å². The number of anilines is 2. The maximum Gasteiger partial charge on any atom is 0.230 e. The minimum Gasteiger partial charge on any atom is -0.489 e. The van der Waals surface area contributed by atoms with Crippen LogP contribution in [0.3, 0.4) is 0 Å². The number of rotatable bonds is 6. The molecular formula is C21H20N6O. The van der Waals surface area contributed by atoms with Gasteiger partial charge in [-0.1, -0.05) is 42.5 Å². The normalized spacial score (nSPS) is 11.0. The van der Waals surface area contributed by atoms with Crippen molar-refractivity contribution >= 4 is 23.5 Å².